The van der Waals surface area contributed by atoms with Gasteiger partial charge in [-0.3, -0.25) is 10.2 Å². The van der Waals surface area contributed by atoms with Crippen molar-refractivity contribution < 1.29 is 9.53 Å². The summed E-state index contributed by atoms with van der Waals surface area (Å²) in [6.07, 6.45) is 13.7. The molecule has 0 aromatic carbocycles. The van der Waals surface area contributed by atoms with Crippen molar-refractivity contribution in [1.29, 1.82) is 5.41 Å². The van der Waals surface area contributed by atoms with Crippen molar-refractivity contribution in [3.05, 3.63) is 0 Å². The minimum absolute atomic E-state index is 0.0555. The molecule has 0 bridgehead atoms. The molecule has 0 radical (unpaired) electrons. The minimum Gasteiger partial charge on any atom is -0.469 e. The minimum atomic E-state index is -0.0555. The third-order valence-corrected chi connectivity index (χ3v) is 11.7. The van der Waals surface area contributed by atoms with Crippen LogP contribution in [-0.2, 0) is 9.53 Å². The SMILES string of the molecule is COC(=O)CCC(C)C1CCC2C3CCC4CC(SC(=N)N)CCC4(C)C3CCC12C. The van der Waals surface area contributed by atoms with Crippen LogP contribution in [0.15, 0.2) is 0 Å². The van der Waals surface area contributed by atoms with Gasteiger partial charge in [0.15, 0.2) is 5.17 Å². The van der Waals surface area contributed by atoms with Gasteiger partial charge in [-0.15, -0.1) is 0 Å². The summed E-state index contributed by atoms with van der Waals surface area (Å²) in [7, 11) is 1.50. The summed E-state index contributed by atoms with van der Waals surface area (Å²) in [5.41, 5.74) is 6.66. The Labute approximate surface area is 193 Å². The number of ether oxygens (including phenoxy) is 1. The molecule has 0 aromatic rings. The van der Waals surface area contributed by atoms with Gasteiger partial charge in [-0.25, -0.2) is 0 Å². The number of esters is 1. The molecular weight excluding hydrogens is 404 g/mol. The van der Waals surface area contributed by atoms with Crippen LogP contribution in [0.4, 0.5) is 0 Å². The van der Waals surface area contributed by atoms with Gasteiger partial charge in [-0.05, 0) is 111 Å². The summed E-state index contributed by atoms with van der Waals surface area (Å²) in [4.78, 5) is 11.7. The molecule has 5 heteroatoms. The van der Waals surface area contributed by atoms with E-state index in [-0.39, 0.29) is 5.97 Å². The molecule has 4 aliphatic rings. The van der Waals surface area contributed by atoms with Crippen LogP contribution in [-0.4, -0.2) is 23.5 Å². The van der Waals surface area contributed by atoms with E-state index in [1.54, 1.807) is 11.8 Å². The van der Waals surface area contributed by atoms with Crippen LogP contribution in [0.25, 0.3) is 0 Å². The number of nitrogens with one attached hydrogen (secondary N) is 1. The molecule has 4 nitrogen and oxygen atoms in total. The number of methoxy groups -OCH3 is 1. The molecule has 4 fully saturated rings. The molecule has 0 saturated heterocycles. The van der Waals surface area contributed by atoms with Gasteiger partial charge in [-0.2, -0.15) is 0 Å². The molecule has 4 aliphatic carbocycles. The first-order valence-corrected chi connectivity index (χ1v) is 13.6. The van der Waals surface area contributed by atoms with E-state index in [0.29, 0.717) is 33.6 Å². The first-order valence-electron chi connectivity index (χ1n) is 12.8. The van der Waals surface area contributed by atoms with Crippen molar-refractivity contribution in [2.24, 2.45) is 52.1 Å². The molecule has 3 N–H and O–H groups in total. The summed E-state index contributed by atoms with van der Waals surface area (Å²) in [6, 6.07) is 0. The molecule has 9 atom stereocenters. The largest absolute Gasteiger partial charge is 0.469 e. The number of fused-ring (bicyclic) bond motifs is 5. The lowest BCUT2D eigenvalue weighted by atomic mass is 9.44. The van der Waals surface area contributed by atoms with Crippen molar-refractivity contribution in [3.8, 4) is 0 Å². The van der Waals surface area contributed by atoms with Crippen LogP contribution >= 0.6 is 11.8 Å². The normalized spacial score (nSPS) is 45.2. The van der Waals surface area contributed by atoms with Crippen molar-refractivity contribution in [3.63, 3.8) is 0 Å². The quantitative estimate of drug-likeness (QED) is 0.297. The smallest absolute Gasteiger partial charge is 0.305 e. The van der Waals surface area contributed by atoms with Crippen molar-refractivity contribution >= 4 is 22.9 Å². The molecule has 176 valence electrons. The van der Waals surface area contributed by atoms with Crippen molar-refractivity contribution in [2.75, 3.05) is 7.11 Å². The lowest BCUT2D eigenvalue weighted by molar-refractivity contribution is -0.141. The molecule has 0 aromatic heterocycles. The van der Waals surface area contributed by atoms with E-state index in [1.165, 1.54) is 64.9 Å². The van der Waals surface area contributed by atoms with Gasteiger partial charge >= 0.3 is 5.97 Å². The summed E-state index contributed by atoms with van der Waals surface area (Å²) in [6.45, 7) is 7.62. The fraction of sp³-hybridized carbons (Fsp3) is 0.923. The van der Waals surface area contributed by atoms with E-state index in [2.05, 4.69) is 20.8 Å². The van der Waals surface area contributed by atoms with Gasteiger partial charge in [0.1, 0.15) is 0 Å². The Morgan fingerprint density at radius 3 is 2.52 bits per heavy atom. The topological polar surface area (TPSA) is 76.2 Å². The van der Waals surface area contributed by atoms with Crippen LogP contribution in [0.1, 0.15) is 91.4 Å². The second-order valence-electron chi connectivity index (χ2n) is 11.9. The molecule has 0 amide bonds. The molecule has 4 rings (SSSR count). The fourth-order valence-corrected chi connectivity index (χ4v) is 10.1. The zero-order chi connectivity index (χ0) is 22.4. The highest BCUT2D eigenvalue weighted by Crippen LogP contribution is 2.68. The fourth-order valence-electron chi connectivity index (χ4n) is 9.13. The van der Waals surface area contributed by atoms with Crippen LogP contribution in [0.2, 0.25) is 0 Å². The number of thioether (sulfide) groups is 1. The van der Waals surface area contributed by atoms with Gasteiger partial charge in [0.05, 0.1) is 7.11 Å². The molecule has 0 spiro atoms. The Morgan fingerprint density at radius 2 is 1.81 bits per heavy atom. The Bertz CT molecular complexity index is 699. The number of hydrogen-bond acceptors (Lipinski definition) is 4. The van der Waals surface area contributed by atoms with Crippen LogP contribution in [0.5, 0.6) is 0 Å². The highest BCUT2D eigenvalue weighted by molar-refractivity contribution is 8.14. The zero-order valence-corrected chi connectivity index (χ0v) is 20.9. The van der Waals surface area contributed by atoms with E-state index in [1.807, 2.05) is 0 Å². The predicted octanol–water partition coefficient (Wildman–Crippen LogP) is 6.23. The number of carbonyl (C=O) groups excluding carboxylic acids is 1. The number of nitrogens with two attached hydrogens (primary N) is 1. The second kappa shape index (κ2) is 8.91. The number of amidine groups is 1. The van der Waals surface area contributed by atoms with Crippen molar-refractivity contribution in [1.82, 2.24) is 0 Å². The average molecular weight is 449 g/mol. The maximum Gasteiger partial charge on any atom is 0.305 e. The van der Waals surface area contributed by atoms with Gasteiger partial charge in [-0.1, -0.05) is 32.5 Å². The Kier molecular flexibility index (Phi) is 6.74. The van der Waals surface area contributed by atoms with E-state index in [0.717, 1.165) is 36.0 Å². The van der Waals surface area contributed by atoms with E-state index >= 15 is 0 Å². The maximum absolute atomic E-state index is 11.7. The summed E-state index contributed by atoms with van der Waals surface area (Å²) in [5, 5.41) is 8.56. The summed E-state index contributed by atoms with van der Waals surface area (Å²) in [5.74, 6) is 4.79. The maximum atomic E-state index is 11.7. The van der Waals surface area contributed by atoms with Crippen LogP contribution in [0.3, 0.4) is 0 Å². The van der Waals surface area contributed by atoms with Gasteiger partial charge in [0.2, 0.25) is 0 Å². The molecule has 0 aliphatic heterocycles. The highest BCUT2D eigenvalue weighted by atomic mass is 32.2. The molecule has 0 heterocycles. The predicted molar refractivity (Wildman–Crippen MR) is 129 cm³/mol. The zero-order valence-electron chi connectivity index (χ0n) is 20.1. The van der Waals surface area contributed by atoms with Gasteiger partial charge < -0.3 is 10.5 Å². The van der Waals surface area contributed by atoms with Gasteiger partial charge in [0.25, 0.3) is 0 Å². The number of hydrogen-bond donors (Lipinski definition) is 2. The molecule has 31 heavy (non-hydrogen) atoms. The van der Waals surface area contributed by atoms with Crippen LogP contribution in [0, 0.1) is 51.7 Å². The first-order chi connectivity index (χ1) is 14.7. The molecule has 9 unspecified atom stereocenters. The highest BCUT2D eigenvalue weighted by Gasteiger charge is 2.60. The third kappa shape index (κ3) is 4.17. The monoisotopic (exact) mass is 448 g/mol. The second-order valence-corrected chi connectivity index (χ2v) is 13.2. The number of carbonyl (C=O) groups is 1. The Balaban J connectivity index is 1.45. The molecule has 4 saturated carbocycles. The summed E-state index contributed by atoms with van der Waals surface area (Å²) >= 11 is 1.61. The van der Waals surface area contributed by atoms with E-state index in [4.69, 9.17) is 15.9 Å². The van der Waals surface area contributed by atoms with Gasteiger partial charge in [0, 0.05) is 11.7 Å². The molecular formula is C26H44N2O2S. The lowest BCUT2D eigenvalue weighted by Crippen LogP contribution is -2.54. The third-order valence-electron chi connectivity index (χ3n) is 10.7. The standard InChI is InChI=1S/C26H44N2O2S/c1-16(5-10-23(29)30-4)20-8-9-21-19-7-6-17-15-18(31-24(27)28)11-13-25(17,2)22(19)12-14-26(20,21)3/h16-22H,5-15H2,1-4H3,(H3,27,28). The average Bonchev–Trinajstić information content (AvgIpc) is 3.09. The van der Waals surface area contributed by atoms with Crippen LogP contribution < -0.4 is 5.73 Å². The van der Waals surface area contributed by atoms with E-state index in [9.17, 15) is 4.79 Å². The number of rotatable bonds is 5. The Hall–Kier alpha value is -0.710. The summed E-state index contributed by atoms with van der Waals surface area (Å²) < 4.78 is 4.90. The van der Waals surface area contributed by atoms with E-state index < -0.39 is 0 Å². The first kappa shape index (κ1) is 23.4. The Morgan fingerprint density at radius 1 is 1.10 bits per heavy atom. The van der Waals surface area contributed by atoms with Crippen molar-refractivity contribution in [2.45, 2.75) is 96.7 Å². The lowest BCUT2D eigenvalue weighted by Gasteiger charge is -2.61.